The third kappa shape index (κ3) is 17.7. The molecule has 0 saturated heterocycles. The van der Waals surface area contributed by atoms with Gasteiger partial charge in [0.15, 0.2) is 0 Å². The third-order valence-electron chi connectivity index (χ3n) is 26.6. The van der Waals surface area contributed by atoms with Gasteiger partial charge in [0.05, 0.1) is 26.4 Å². The molecule has 5 heterocycles. The molecule has 7 aromatic carbocycles. The van der Waals surface area contributed by atoms with E-state index in [0.29, 0.717) is 29.5 Å². The predicted octanol–water partition coefficient (Wildman–Crippen LogP) is 21.4. The fourth-order valence-corrected chi connectivity index (χ4v) is 19.1. The minimum atomic E-state index is 0.0310. The molecule has 4 N–H and O–H groups in total. The summed E-state index contributed by atoms with van der Waals surface area (Å²) < 4.78 is 24.1. The van der Waals surface area contributed by atoms with Gasteiger partial charge in [-0.3, -0.25) is 19.2 Å². The Labute approximate surface area is 648 Å². The number of hydrogen-bond donors (Lipinski definition) is 4. The number of carbonyl (C=O) groups is 4. The van der Waals surface area contributed by atoms with Crippen LogP contribution in [-0.4, -0.2) is 55.0 Å². The predicted molar refractivity (Wildman–Crippen MR) is 440 cm³/mol. The van der Waals surface area contributed by atoms with Gasteiger partial charge in [0.1, 0.15) is 28.8 Å². The van der Waals surface area contributed by atoms with Gasteiger partial charge in [0.2, 0.25) is 23.6 Å². The van der Waals surface area contributed by atoms with E-state index in [-0.39, 0.29) is 69.0 Å². The van der Waals surface area contributed by atoms with Crippen LogP contribution in [0, 0.1) is 103 Å². The maximum atomic E-state index is 12.9. The number of ether oxygens (including phenoxy) is 4. The second kappa shape index (κ2) is 33.5. The maximum absolute atomic E-state index is 12.9. The number of benzene rings is 7. The first-order chi connectivity index (χ1) is 52.4. The Kier molecular flexibility index (Phi) is 24.0. The number of amides is 4. The van der Waals surface area contributed by atoms with Gasteiger partial charge in [-0.25, -0.2) is 4.98 Å². The largest absolute Gasteiger partial charge is 0.492 e. The van der Waals surface area contributed by atoms with Crippen LogP contribution < -0.4 is 40.2 Å². The Bertz CT molecular complexity index is 4160. The van der Waals surface area contributed by atoms with Crippen LogP contribution in [0.5, 0.6) is 23.0 Å². The number of rotatable bonds is 13. The smallest absolute Gasteiger partial charge is 0.228 e. The molecule has 8 aromatic rings. The molecular weight excluding hydrogens is 1350 g/mol. The van der Waals surface area contributed by atoms with Crippen molar-refractivity contribution in [2.45, 2.75) is 214 Å². The summed E-state index contributed by atoms with van der Waals surface area (Å²) in [7, 11) is 0. The van der Waals surface area contributed by atoms with Crippen LogP contribution in [0.1, 0.15) is 204 Å². The summed E-state index contributed by atoms with van der Waals surface area (Å²) in [5, 5.41) is 12.3. The van der Waals surface area contributed by atoms with Crippen molar-refractivity contribution in [2.24, 2.45) is 47.3 Å². The molecule has 0 radical (unpaired) electrons. The first-order valence-electron chi connectivity index (χ1n) is 40.7. The van der Waals surface area contributed by atoms with Crippen molar-refractivity contribution in [1.29, 1.82) is 0 Å². The van der Waals surface area contributed by atoms with Crippen molar-refractivity contribution in [1.82, 2.24) is 4.98 Å². The molecule has 13 nitrogen and oxygen atoms in total. The minimum Gasteiger partial charge on any atom is -0.492 e. The number of aromatic nitrogens is 1. The van der Waals surface area contributed by atoms with Crippen molar-refractivity contribution >= 4 is 46.5 Å². The van der Waals surface area contributed by atoms with Crippen LogP contribution in [0.2, 0.25) is 0 Å². The molecule has 4 fully saturated rings. The number of anilines is 4. The van der Waals surface area contributed by atoms with E-state index in [4.69, 9.17) is 18.9 Å². The molecule has 4 amide bonds. The molecule has 4 saturated carbocycles. The van der Waals surface area contributed by atoms with Gasteiger partial charge in [0.25, 0.3) is 0 Å². The number of pyridine rings is 1. The van der Waals surface area contributed by atoms with Gasteiger partial charge in [-0.05, 0) is 283 Å². The van der Waals surface area contributed by atoms with E-state index in [1.165, 1.54) is 61.2 Å². The zero-order valence-electron chi connectivity index (χ0n) is 66.8. The van der Waals surface area contributed by atoms with Crippen molar-refractivity contribution < 1.29 is 38.1 Å². The van der Waals surface area contributed by atoms with Gasteiger partial charge >= 0.3 is 0 Å². The summed E-state index contributed by atoms with van der Waals surface area (Å²) >= 11 is 0. The molecule has 13 heteroatoms. The highest BCUT2D eigenvalue weighted by molar-refractivity contribution is 5.94. The normalized spacial score (nSPS) is 24.8. The fraction of sp³-hybridized carbons (Fsp3) is 0.469. The van der Waals surface area contributed by atoms with Gasteiger partial charge in [-0.15, -0.1) is 0 Å². The number of nitrogens with one attached hydrogen (secondary N) is 4. The quantitative estimate of drug-likeness (QED) is 0.0879. The zero-order valence-corrected chi connectivity index (χ0v) is 66.8. The molecule has 4 aliphatic carbocycles. The average molecular weight is 1470 g/mol. The number of aryl methyl sites for hydroxylation is 8. The third-order valence-corrected chi connectivity index (χ3v) is 26.6. The Morgan fingerprint density at radius 1 is 0.339 bits per heavy atom. The van der Waals surface area contributed by atoms with Crippen LogP contribution in [0.25, 0.3) is 0 Å². The SMILES string of the molecule is CC[C@H](C(=O)Nc1ccc(C)cn1)C1CCC2(CC1)COc1cc(C)ccc12.Cc1ccc(NC(=O)[C@@H](C)C2CCC3(CC2)COc2cc(C)ccc23)cc1.Cc1ccc(NC(=O)[C@H](C)C2CCC3(CC2)COc2cc(C)ccc23)cc1.Cc1ccc(NC(=O)[C@H](C)C2CCC3(CC2)COc2cc(C)ccc23)cc1. The number of hydrogen-bond acceptors (Lipinski definition) is 9. The summed E-state index contributed by atoms with van der Waals surface area (Å²) in [5.41, 5.74) is 18.5. The topological polar surface area (TPSA) is 166 Å². The van der Waals surface area contributed by atoms with Crippen LogP contribution in [0.15, 0.2) is 164 Å². The van der Waals surface area contributed by atoms with Gasteiger partial charge in [-0.2, -0.15) is 0 Å². The second-order valence-corrected chi connectivity index (χ2v) is 34.3. The zero-order chi connectivity index (χ0) is 76.8. The summed E-state index contributed by atoms with van der Waals surface area (Å²) in [6.45, 7) is 28.1. The molecule has 4 spiro atoms. The lowest BCUT2D eigenvalue weighted by Crippen LogP contribution is -2.38. The van der Waals surface area contributed by atoms with Crippen LogP contribution in [0.4, 0.5) is 22.9 Å². The lowest BCUT2D eigenvalue weighted by atomic mass is 9.65. The highest BCUT2D eigenvalue weighted by Crippen LogP contribution is 2.55. The van der Waals surface area contributed by atoms with Gasteiger partial charge in [0, 0.05) is 90.8 Å². The Balaban J connectivity index is 0.000000128. The van der Waals surface area contributed by atoms with E-state index >= 15 is 0 Å². The summed E-state index contributed by atoms with van der Waals surface area (Å²) in [6.07, 6.45) is 20.1. The molecular formula is C96H117N5O8. The van der Waals surface area contributed by atoms with Crippen molar-refractivity contribution in [3.8, 4) is 23.0 Å². The first kappa shape index (κ1) is 77.9. The van der Waals surface area contributed by atoms with Gasteiger partial charge < -0.3 is 40.2 Å². The lowest BCUT2D eigenvalue weighted by molar-refractivity contribution is -0.122. The van der Waals surface area contributed by atoms with Crippen molar-refractivity contribution in [3.05, 3.63) is 231 Å². The Morgan fingerprint density at radius 2 is 0.596 bits per heavy atom. The van der Waals surface area contributed by atoms with Crippen molar-refractivity contribution in [2.75, 3.05) is 47.7 Å². The van der Waals surface area contributed by atoms with E-state index in [2.05, 4.69) is 175 Å². The van der Waals surface area contributed by atoms with Crippen LogP contribution in [0.3, 0.4) is 0 Å². The minimum absolute atomic E-state index is 0.0310. The average Bonchev–Trinajstić information content (AvgIpc) is 1.66. The molecule has 0 bridgehead atoms. The van der Waals surface area contributed by atoms with Crippen LogP contribution in [-0.2, 0) is 40.8 Å². The molecule has 8 aliphatic rings. The molecule has 4 atom stereocenters. The van der Waals surface area contributed by atoms with Gasteiger partial charge in [-0.1, -0.05) is 135 Å². The van der Waals surface area contributed by atoms with E-state index in [1.54, 1.807) is 6.20 Å². The summed E-state index contributed by atoms with van der Waals surface area (Å²) in [6, 6.07) is 54.3. The highest BCUT2D eigenvalue weighted by atomic mass is 16.5. The first-order valence-corrected chi connectivity index (χ1v) is 40.7. The fourth-order valence-electron chi connectivity index (χ4n) is 19.1. The molecule has 0 unspecified atom stereocenters. The Morgan fingerprint density at radius 3 is 0.853 bits per heavy atom. The standard InChI is InChI=1S/C24H30N2O2.3C24H29NO2/c1-4-19(23(27)26-22-8-6-17(3)14-25-22)18-9-11-24(12-10-18)15-28-21-13-16(2)5-7-20(21)24;3*1-16-4-7-20(8-5-16)25-23(26)18(3)19-10-12-24(13-11-19)15-27-22-14-17(2)6-9-21(22)24/h5-8,13-14,18-19H,4,9-12,15H2,1-3H3,(H,25,26,27);3*4-9,14,18-19H,10-13,15H2,1-3H3,(H,25,26)/t18?,19-,24?;3*18-,19?,24?/m0110/s1. The van der Waals surface area contributed by atoms with Crippen molar-refractivity contribution in [3.63, 3.8) is 0 Å². The molecule has 109 heavy (non-hydrogen) atoms. The number of nitrogens with zero attached hydrogens (tertiary/aromatic N) is 1. The summed E-state index contributed by atoms with van der Waals surface area (Å²) in [4.78, 5) is 55.4. The Hall–Kier alpha value is -9.23. The van der Waals surface area contributed by atoms with E-state index in [0.717, 1.165) is 181 Å². The number of carbonyl (C=O) groups excluding carboxylic acids is 4. The van der Waals surface area contributed by atoms with Crippen LogP contribution >= 0.6 is 0 Å². The maximum Gasteiger partial charge on any atom is 0.228 e. The number of fused-ring (bicyclic) bond motifs is 8. The highest BCUT2D eigenvalue weighted by Gasteiger charge is 2.49. The van der Waals surface area contributed by atoms with E-state index in [1.807, 2.05) is 91.9 Å². The van der Waals surface area contributed by atoms with E-state index < -0.39 is 0 Å². The molecule has 574 valence electrons. The molecule has 1 aromatic heterocycles. The molecule has 16 rings (SSSR count). The lowest BCUT2D eigenvalue weighted by Gasteiger charge is -2.38. The summed E-state index contributed by atoms with van der Waals surface area (Å²) in [5.74, 6) is 7.32. The molecule has 4 aliphatic heterocycles. The monoisotopic (exact) mass is 1470 g/mol. The second-order valence-electron chi connectivity index (χ2n) is 34.3. The van der Waals surface area contributed by atoms with E-state index in [9.17, 15) is 19.2 Å².